The van der Waals surface area contributed by atoms with Crippen LogP contribution in [0, 0.1) is 0 Å². The molecule has 0 fully saturated rings. The molecule has 1 heterocycles. The second kappa shape index (κ2) is 13.2. The van der Waals surface area contributed by atoms with Gasteiger partial charge in [0.15, 0.2) is 5.75 Å². The van der Waals surface area contributed by atoms with E-state index in [1.165, 1.54) is 26.5 Å². The number of carbonyl (C=O) groups is 2. The first kappa shape index (κ1) is 31.8. The lowest BCUT2D eigenvalue weighted by Crippen LogP contribution is -2.19. The standard InChI is InChI=1S/C32H22Br2F3N3O5/c1-43-23-11-12-24(44-2)27-26(23)25(17-7-4-3-5-8-17)28(39-27)30(41)40-38-16-19-14-21(33)15-22(34)29(19)45-31(42)18-9-6-10-20(13-18)32(35,36)37/h3-16,39H,1-2H3,(H,40,41). The average Bonchev–Trinajstić information content (AvgIpc) is 3.43. The van der Waals surface area contributed by atoms with E-state index >= 15 is 0 Å². The van der Waals surface area contributed by atoms with E-state index < -0.39 is 23.6 Å². The van der Waals surface area contributed by atoms with Crippen molar-refractivity contribution in [1.29, 1.82) is 0 Å². The van der Waals surface area contributed by atoms with E-state index in [1.807, 2.05) is 30.3 Å². The normalized spacial score (nSPS) is 11.5. The van der Waals surface area contributed by atoms with Crippen LogP contribution < -0.4 is 19.6 Å². The maximum absolute atomic E-state index is 13.6. The van der Waals surface area contributed by atoms with Crippen LogP contribution in [0.3, 0.4) is 0 Å². The minimum atomic E-state index is -4.63. The van der Waals surface area contributed by atoms with Crippen LogP contribution in [0.25, 0.3) is 22.0 Å². The fourth-order valence-electron chi connectivity index (χ4n) is 4.63. The first-order valence-electron chi connectivity index (χ1n) is 13.1. The summed E-state index contributed by atoms with van der Waals surface area (Å²) >= 11 is 6.68. The Morgan fingerprint density at radius 1 is 0.911 bits per heavy atom. The van der Waals surface area contributed by atoms with Gasteiger partial charge in [-0.1, -0.05) is 52.3 Å². The van der Waals surface area contributed by atoms with Crippen molar-refractivity contribution in [3.8, 4) is 28.4 Å². The lowest BCUT2D eigenvalue weighted by Gasteiger charge is -2.12. The quantitative estimate of drug-likeness (QED) is 0.0720. The van der Waals surface area contributed by atoms with Crippen LogP contribution in [-0.4, -0.2) is 37.3 Å². The highest BCUT2D eigenvalue weighted by Gasteiger charge is 2.31. The largest absolute Gasteiger partial charge is 0.496 e. The predicted molar refractivity (Wildman–Crippen MR) is 170 cm³/mol. The molecule has 0 spiro atoms. The molecule has 4 aromatic carbocycles. The topological polar surface area (TPSA) is 102 Å². The SMILES string of the molecule is COc1ccc(OC)c2c(-c3ccccc3)c(C(=O)NN=Cc3cc(Br)cc(Br)c3OC(=O)c3cccc(C(F)(F)F)c3)[nH]c12. The zero-order chi connectivity index (χ0) is 32.3. The van der Waals surface area contributed by atoms with E-state index in [4.69, 9.17) is 14.2 Å². The summed E-state index contributed by atoms with van der Waals surface area (Å²) in [6.07, 6.45) is -3.39. The van der Waals surface area contributed by atoms with Crippen LogP contribution in [0.2, 0.25) is 0 Å². The molecule has 0 bridgehead atoms. The Labute approximate surface area is 271 Å². The Morgan fingerprint density at radius 3 is 2.31 bits per heavy atom. The molecule has 1 aromatic heterocycles. The molecule has 0 aliphatic carbocycles. The molecule has 0 saturated carbocycles. The summed E-state index contributed by atoms with van der Waals surface area (Å²) in [7, 11) is 3.04. The Morgan fingerprint density at radius 2 is 1.62 bits per heavy atom. The van der Waals surface area contributed by atoms with Gasteiger partial charge in [0.05, 0.1) is 46.9 Å². The van der Waals surface area contributed by atoms with Gasteiger partial charge in [0, 0.05) is 15.6 Å². The number of benzene rings is 4. The minimum Gasteiger partial charge on any atom is -0.496 e. The zero-order valence-electron chi connectivity index (χ0n) is 23.5. The van der Waals surface area contributed by atoms with Gasteiger partial charge in [-0.3, -0.25) is 4.79 Å². The van der Waals surface area contributed by atoms with Crippen LogP contribution in [0.5, 0.6) is 17.2 Å². The molecule has 0 aliphatic rings. The monoisotopic (exact) mass is 743 g/mol. The number of nitrogens with zero attached hydrogens (tertiary/aromatic N) is 1. The predicted octanol–water partition coefficient (Wildman–Crippen LogP) is 8.38. The number of hydrogen-bond acceptors (Lipinski definition) is 6. The Kier molecular flexibility index (Phi) is 9.30. The fraction of sp³-hybridized carbons (Fsp3) is 0.0938. The van der Waals surface area contributed by atoms with Gasteiger partial charge in [-0.2, -0.15) is 18.3 Å². The van der Waals surface area contributed by atoms with Crippen molar-refractivity contribution in [2.24, 2.45) is 5.10 Å². The highest BCUT2D eigenvalue weighted by atomic mass is 79.9. The number of fused-ring (bicyclic) bond motifs is 1. The van der Waals surface area contributed by atoms with Crippen LogP contribution in [0.4, 0.5) is 13.2 Å². The van der Waals surface area contributed by atoms with E-state index in [1.54, 1.807) is 24.3 Å². The number of methoxy groups -OCH3 is 2. The van der Waals surface area contributed by atoms with E-state index in [-0.39, 0.29) is 22.6 Å². The highest BCUT2D eigenvalue weighted by molar-refractivity contribution is 9.11. The summed E-state index contributed by atoms with van der Waals surface area (Å²) in [5.74, 6) is -0.617. The third kappa shape index (κ3) is 6.74. The van der Waals surface area contributed by atoms with Crippen LogP contribution in [-0.2, 0) is 6.18 Å². The number of alkyl halides is 3. The first-order chi connectivity index (χ1) is 21.5. The lowest BCUT2D eigenvalue weighted by atomic mass is 10.0. The number of halogens is 5. The van der Waals surface area contributed by atoms with Crippen molar-refractivity contribution in [2.45, 2.75) is 6.18 Å². The van der Waals surface area contributed by atoms with Crippen molar-refractivity contribution in [2.75, 3.05) is 14.2 Å². The molecule has 2 N–H and O–H groups in total. The smallest absolute Gasteiger partial charge is 0.416 e. The molecule has 13 heteroatoms. The third-order valence-corrected chi connectivity index (χ3v) is 7.68. The molecule has 0 radical (unpaired) electrons. The summed E-state index contributed by atoms with van der Waals surface area (Å²) in [4.78, 5) is 29.5. The van der Waals surface area contributed by atoms with Crippen molar-refractivity contribution in [3.63, 3.8) is 0 Å². The van der Waals surface area contributed by atoms with Crippen molar-refractivity contribution in [3.05, 3.63) is 110 Å². The number of hydrazone groups is 1. The van der Waals surface area contributed by atoms with Crippen LogP contribution in [0.15, 0.2) is 92.9 Å². The number of aromatic nitrogens is 1. The van der Waals surface area contributed by atoms with E-state index in [0.717, 1.165) is 17.7 Å². The molecule has 0 saturated heterocycles. The molecule has 0 unspecified atom stereocenters. The van der Waals surface area contributed by atoms with Gasteiger partial charge in [0.25, 0.3) is 5.91 Å². The molecule has 8 nitrogen and oxygen atoms in total. The van der Waals surface area contributed by atoms with Gasteiger partial charge in [-0.15, -0.1) is 0 Å². The molecule has 5 aromatic rings. The Hall–Kier alpha value is -4.62. The molecule has 1 amide bonds. The third-order valence-electron chi connectivity index (χ3n) is 6.64. The average molecular weight is 745 g/mol. The number of nitrogens with one attached hydrogen (secondary N) is 2. The summed E-state index contributed by atoms with van der Waals surface area (Å²) < 4.78 is 57.0. The number of rotatable bonds is 8. The number of H-pyrrole nitrogens is 1. The molecule has 0 atom stereocenters. The maximum Gasteiger partial charge on any atom is 0.416 e. The summed E-state index contributed by atoms with van der Waals surface area (Å²) in [5, 5.41) is 4.72. The second-order valence-corrected chi connectivity index (χ2v) is 11.2. The fourth-order valence-corrected chi connectivity index (χ4v) is 5.97. The van der Waals surface area contributed by atoms with E-state index in [2.05, 4.69) is 47.4 Å². The molecule has 0 aliphatic heterocycles. The number of ether oxygens (including phenoxy) is 3. The molecular weight excluding hydrogens is 723 g/mol. The van der Waals surface area contributed by atoms with Crippen molar-refractivity contribution >= 4 is 60.9 Å². The van der Waals surface area contributed by atoms with Gasteiger partial charge in [0.1, 0.15) is 17.2 Å². The number of hydrogen-bond donors (Lipinski definition) is 2. The van der Waals surface area contributed by atoms with Crippen molar-refractivity contribution < 1.29 is 37.0 Å². The molecule has 5 rings (SSSR count). The molecule has 45 heavy (non-hydrogen) atoms. The highest BCUT2D eigenvalue weighted by Crippen LogP contribution is 2.42. The first-order valence-corrected chi connectivity index (χ1v) is 14.6. The minimum absolute atomic E-state index is 0.0244. The van der Waals surface area contributed by atoms with Gasteiger partial charge in [-0.05, 0) is 64.0 Å². The van der Waals surface area contributed by atoms with E-state index in [0.29, 0.717) is 43.0 Å². The Bertz CT molecular complexity index is 1940. The second-order valence-electron chi connectivity index (χ2n) is 9.43. The molecular formula is C32H22Br2F3N3O5. The molecule has 230 valence electrons. The number of amides is 1. The number of esters is 1. The van der Waals surface area contributed by atoms with E-state index in [9.17, 15) is 22.8 Å². The van der Waals surface area contributed by atoms with Gasteiger partial charge in [-0.25, -0.2) is 10.2 Å². The van der Waals surface area contributed by atoms with Gasteiger partial charge < -0.3 is 19.2 Å². The van der Waals surface area contributed by atoms with Crippen LogP contribution >= 0.6 is 31.9 Å². The summed E-state index contributed by atoms with van der Waals surface area (Å²) in [6.45, 7) is 0. The summed E-state index contributed by atoms with van der Waals surface area (Å²) in [5.41, 5.74) is 3.48. The van der Waals surface area contributed by atoms with Crippen molar-refractivity contribution in [1.82, 2.24) is 10.4 Å². The van der Waals surface area contributed by atoms with Gasteiger partial charge >= 0.3 is 12.1 Å². The van der Waals surface area contributed by atoms with Crippen LogP contribution in [0.1, 0.15) is 32.0 Å². The zero-order valence-corrected chi connectivity index (χ0v) is 26.6. The number of aromatic amines is 1. The maximum atomic E-state index is 13.6. The summed E-state index contributed by atoms with van der Waals surface area (Å²) in [6, 6.07) is 19.7. The lowest BCUT2D eigenvalue weighted by molar-refractivity contribution is -0.137. The number of carbonyl (C=O) groups excluding carboxylic acids is 2. The van der Waals surface area contributed by atoms with Gasteiger partial charge in [0.2, 0.25) is 0 Å². The Balaban J connectivity index is 1.48.